The number of rotatable bonds is 11. The summed E-state index contributed by atoms with van der Waals surface area (Å²) in [4.78, 5) is 30.7. The van der Waals surface area contributed by atoms with E-state index in [9.17, 15) is 9.59 Å². The van der Waals surface area contributed by atoms with Gasteiger partial charge in [-0.25, -0.2) is 4.90 Å². The number of carbonyl (C=O) groups is 2. The zero-order valence-corrected chi connectivity index (χ0v) is 20.0. The Hall–Kier alpha value is -3.16. The van der Waals surface area contributed by atoms with Crippen LogP contribution in [0.15, 0.2) is 48.2 Å². The fourth-order valence-electron chi connectivity index (χ4n) is 4.00. The molecule has 1 heterocycles. The predicted molar refractivity (Wildman–Crippen MR) is 128 cm³/mol. The number of ether oxygens (including phenoxy) is 3. The van der Waals surface area contributed by atoms with Crippen LogP contribution in [0.5, 0.6) is 5.75 Å². The molecule has 7 nitrogen and oxygen atoms in total. The quantitative estimate of drug-likeness (QED) is 0.486. The average molecular weight is 453 g/mol. The minimum absolute atomic E-state index is 0.351. The Morgan fingerprint density at radius 3 is 2.21 bits per heavy atom. The SMILES string of the molecule is CCOc1cccc(N2C(=O)C(c3ccc(C)cc3C)=C(N(CCOC)CCOC)C2=O)c1. The van der Waals surface area contributed by atoms with Gasteiger partial charge in [0, 0.05) is 33.4 Å². The van der Waals surface area contributed by atoms with E-state index in [1.807, 2.05) is 43.9 Å². The van der Waals surface area contributed by atoms with E-state index in [2.05, 4.69) is 0 Å². The maximum atomic E-state index is 13.8. The van der Waals surface area contributed by atoms with Crippen molar-refractivity contribution in [2.75, 3.05) is 52.0 Å². The van der Waals surface area contributed by atoms with Crippen LogP contribution >= 0.6 is 0 Å². The van der Waals surface area contributed by atoms with E-state index in [-0.39, 0.29) is 11.8 Å². The van der Waals surface area contributed by atoms with Crippen molar-refractivity contribution in [2.24, 2.45) is 0 Å². The number of hydrogen-bond donors (Lipinski definition) is 0. The molecule has 0 aliphatic carbocycles. The van der Waals surface area contributed by atoms with Crippen LogP contribution in [0.25, 0.3) is 5.57 Å². The van der Waals surface area contributed by atoms with Gasteiger partial charge in [0.15, 0.2) is 0 Å². The summed E-state index contributed by atoms with van der Waals surface area (Å²) in [6, 6.07) is 12.9. The first-order valence-corrected chi connectivity index (χ1v) is 11.1. The Morgan fingerprint density at radius 2 is 1.61 bits per heavy atom. The minimum Gasteiger partial charge on any atom is -0.494 e. The molecule has 0 saturated heterocycles. The van der Waals surface area contributed by atoms with Gasteiger partial charge in [0.1, 0.15) is 11.4 Å². The van der Waals surface area contributed by atoms with Crippen molar-refractivity contribution in [3.63, 3.8) is 0 Å². The molecular formula is C26H32N2O5. The number of methoxy groups -OCH3 is 2. The number of imide groups is 1. The summed E-state index contributed by atoms with van der Waals surface area (Å²) in [5, 5.41) is 0. The molecule has 0 atom stereocenters. The number of benzene rings is 2. The lowest BCUT2D eigenvalue weighted by Crippen LogP contribution is -2.37. The molecule has 33 heavy (non-hydrogen) atoms. The van der Waals surface area contributed by atoms with E-state index in [4.69, 9.17) is 14.2 Å². The number of aryl methyl sites for hydroxylation is 2. The van der Waals surface area contributed by atoms with Crippen molar-refractivity contribution in [2.45, 2.75) is 20.8 Å². The maximum Gasteiger partial charge on any atom is 0.282 e. The van der Waals surface area contributed by atoms with Crippen LogP contribution in [-0.2, 0) is 19.1 Å². The topological polar surface area (TPSA) is 68.3 Å². The summed E-state index contributed by atoms with van der Waals surface area (Å²) < 4.78 is 16.1. The van der Waals surface area contributed by atoms with Crippen LogP contribution in [0.4, 0.5) is 5.69 Å². The van der Waals surface area contributed by atoms with Crippen LogP contribution in [0, 0.1) is 13.8 Å². The third-order valence-electron chi connectivity index (χ3n) is 5.54. The van der Waals surface area contributed by atoms with E-state index in [0.717, 1.165) is 16.7 Å². The molecule has 0 N–H and O–H groups in total. The first kappa shape index (κ1) is 24.5. The molecule has 0 unspecified atom stereocenters. The van der Waals surface area contributed by atoms with E-state index in [0.29, 0.717) is 55.6 Å². The van der Waals surface area contributed by atoms with Gasteiger partial charge in [-0.2, -0.15) is 0 Å². The van der Waals surface area contributed by atoms with Crippen molar-refractivity contribution in [1.82, 2.24) is 4.90 Å². The molecule has 0 bridgehead atoms. The van der Waals surface area contributed by atoms with Crippen LogP contribution in [0.3, 0.4) is 0 Å². The molecule has 176 valence electrons. The molecule has 3 rings (SSSR count). The predicted octanol–water partition coefficient (Wildman–Crippen LogP) is 3.58. The molecule has 0 radical (unpaired) electrons. The number of hydrogen-bond acceptors (Lipinski definition) is 6. The first-order valence-electron chi connectivity index (χ1n) is 11.1. The average Bonchev–Trinajstić information content (AvgIpc) is 3.04. The second kappa shape index (κ2) is 11.1. The molecule has 0 spiro atoms. The standard InChI is InChI=1S/C26H32N2O5/c1-6-33-21-9-7-8-20(17-21)28-25(29)23(22-11-10-18(2)16-19(22)3)24(26(28)30)27(12-14-31-4)13-15-32-5/h7-11,16-17H,6,12-15H2,1-5H3. The molecule has 0 aromatic heterocycles. The van der Waals surface area contributed by atoms with Gasteiger partial charge < -0.3 is 19.1 Å². The van der Waals surface area contributed by atoms with Gasteiger partial charge in [0.05, 0.1) is 31.1 Å². The van der Waals surface area contributed by atoms with Crippen LogP contribution in [-0.4, -0.2) is 63.8 Å². The zero-order chi connectivity index (χ0) is 24.0. The summed E-state index contributed by atoms with van der Waals surface area (Å²) >= 11 is 0. The zero-order valence-electron chi connectivity index (χ0n) is 20.0. The Balaban J connectivity index is 2.15. The number of amides is 2. The Morgan fingerprint density at radius 1 is 0.909 bits per heavy atom. The van der Waals surface area contributed by atoms with Crippen molar-refractivity contribution < 1.29 is 23.8 Å². The van der Waals surface area contributed by atoms with Crippen LogP contribution in [0.2, 0.25) is 0 Å². The largest absolute Gasteiger partial charge is 0.494 e. The molecule has 2 aromatic carbocycles. The third kappa shape index (κ3) is 5.26. The van der Waals surface area contributed by atoms with E-state index < -0.39 is 0 Å². The molecule has 7 heteroatoms. The van der Waals surface area contributed by atoms with Crippen molar-refractivity contribution in [3.8, 4) is 5.75 Å². The van der Waals surface area contributed by atoms with Gasteiger partial charge in [-0.15, -0.1) is 0 Å². The van der Waals surface area contributed by atoms with Crippen molar-refractivity contribution in [3.05, 3.63) is 64.9 Å². The smallest absolute Gasteiger partial charge is 0.282 e. The number of carbonyl (C=O) groups excluding carboxylic acids is 2. The van der Waals surface area contributed by atoms with E-state index in [1.54, 1.807) is 38.5 Å². The second-order valence-electron chi connectivity index (χ2n) is 7.89. The summed E-state index contributed by atoms with van der Waals surface area (Å²) in [6.07, 6.45) is 0. The molecule has 2 aromatic rings. The highest BCUT2D eigenvalue weighted by atomic mass is 16.5. The summed E-state index contributed by atoms with van der Waals surface area (Å²) in [7, 11) is 3.22. The lowest BCUT2D eigenvalue weighted by Gasteiger charge is -2.26. The molecule has 1 aliphatic heterocycles. The highest BCUT2D eigenvalue weighted by Gasteiger charge is 2.42. The fraction of sp³-hybridized carbons (Fsp3) is 0.385. The van der Waals surface area contributed by atoms with Crippen molar-refractivity contribution in [1.29, 1.82) is 0 Å². The van der Waals surface area contributed by atoms with Crippen LogP contribution < -0.4 is 9.64 Å². The lowest BCUT2D eigenvalue weighted by atomic mass is 9.97. The fourth-order valence-corrected chi connectivity index (χ4v) is 4.00. The monoisotopic (exact) mass is 452 g/mol. The van der Waals surface area contributed by atoms with Gasteiger partial charge in [-0.05, 0) is 44.0 Å². The molecule has 2 amide bonds. The summed E-state index contributed by atoms with van der Waals surface area (Å²) in [6.45, 7) is 8.07. The lowest BCUT2D eigenvalue weighted by molar-refractivity contribution is -0.120. The Bertz CT molecular complexity index is 1040. The summed E-state index contributed by atoms with van der Waals surface area (Å²) in [5.41, 5.74) is 4.01. The Labute approximate surface area is 195 Å². The first-order chi connectivity index (χ1) is 15.9. The number of anilines is 1. The van der Waals surface area contributed by atoms with Crippen LogP contribution in [0.1, 0.15) is 23.6 Å². The molecular weight excluding hydrogens is 420 g/mol. The van der Waals surface area contributed by atoms with Gasteiger partial charge in [0.2, 0.25) is 0 Å². The summed E-state index contributed by atoms with van der Waals surface area (Å²) in [5.74, 6) is -0.112. The second-order valence-corrected chi connectivity index (χ2v) is 7.89. The number of nitrogens with zero attached hydrogens (tertiary/aromatic N) is 2. The van der Waals surface area contributed by atoms with Crippen molar-refractivity contribution >= 4 is 23.1 Å². The normalized spacial score (nSPS) is 13.8. The van der Waals surface area contributed by atoms with Gasteiger partial charge in [-0.3, -0.25) is 9.59 Å². The highest BCUT2D eigenvalue weighted by molar-refractivity contribution is 6.45. The Kier molecular flexibility index (Phi) is 8.25. The third-order valence-corrected chi connectivity index (χ3v) is 5.54. The van der Waals surface area contributed by atoms with Gasteiger partial charge in [-0.1, -0.05) is 29.8 Å². The molecule has 1 aliphatic rings. The van der Waals surface area contributed by atoms with Gasteiger partial charge >= 0.3 is 0 Å². The molecule has 0 saturated carbocycles. The highest BCUT2D eigenvalue weighted by Crippen LogP contribution is 2.37. The van der Waals surface area contributed by atoms with E-state index >= 15 is 0 Å². The minimum atomic E-state index is -0.365. The maximum absolute atomic E-state index is 13.8. The molecule has 0 fully saturated rings. The van der Waals surface area contributed by atoms with Gasteiger partial charge in [0.25, 0.3) is 11.8 Å². The van der Waals surface area contributed by atoms with E-state index in [1.165, 1.54) is 4.90 Å².